The van der Waals surface area contributed by atoms with E-state index in [1.54, 1.807) is 31.3 Å². The Bertz CT molecular complexity index is 1110. The maximum atomic E-state index is 12.8. The second-order valence-electron chi connectivity index (χ2n) is 6.44. The topological polar surface area (TPSA) is 86.7 Å². The fraction of sp³-hybridized carbons (Fsp3) is 0.238. The summed E-state index contributed by atoms with van der Waals surface area (Å²) in [5.74, 6) is 1.24. The zero-order chi connectivity index (χ0) is 21.3. The molecule has 0 N–H and O–H groups in total. The van der Waals surface area contributed by atoms with Crippen molar-refractivity contribution in [3.63, 3.8) is 0 Å². The van der Waals surface area contributed by atoms with Gasteiger partial charge in [-0.05, 0) is 30.5 Å². The number of thioether (sulfide) groups is 1. The summed E-state index contributed by atoms with van der Waals surface area (Å²) in [5, 5.41) is 8.96. The van der Waals surface area contributed by atoms with Gasteiger partial charge in [-0.3, -0.25) is 9.69 Å². The first-order chi connectivity index (χ1) is 14.6. The molecule has 0 saturated carbocycles. The molecule has 2 aromatic carbocycles. The van der Waals surface area contributed by atoms with Crippen molar-refractivity contribution in [2.24, 2.45) is 0 Å². The van der Waals surface area contributed by atoms with Crippen molar-refractivity contribution >= 4 is 23.4 Å². The fourth-order valence-corrected chi connectivity index (χ4v) is 3.66. The van der Waals surface area contributed by atoms with Crippen LogP contribution in [0.3, 0.4) is 0 Å². The Morgan fingerprint density at radius 1 is 1.10 bits per heavy atom. The molecule has 0 fully saturated rings. The Labute approximate surface area is 178 Å². The predicted octanol–water partition coefficient (Wildman–Crippen LogP) is 3.72. The molecule has 9 heteroatoms. The molecule has 0 bridgehead atoms. The summed E-state index contributed by atoms with van der Waals surface area (Å²) in [6, 6.07) is 12.9. The van der Waals surface area contributed by atoms with Crippen LogP contribution < -0.4 is 19.1 Å². The largest absolute Gasteiger partial charge is 0.493 e. The van der Waals surface area contributed by atoms with E-state index in [1.165, 1.54) is 18.7 Å². The lowest BCUT2D eigenvalue weighted by Gasteiger charge is -2.30. The van der Waals surface area contributed by atoms with Crippen LogP contribution in [-0.4, -0.2) is 41.6 Å². The van der Waals surface area contributed by atoms with Crippen LogP contribution in [0.1, 0.15) is 18.7 Å². The average molecular weight is 424 g/mol. The first-order valence-electron chi connectivity index (χ1n) is 9.13. The number of benzene rings is 2. The maximum Gasteiger partial charge on any atom is 0.247 e. The van der Waals surface area contributed by atoms with Crippen molar-refractivity contribution < 1.29 is 19.0 Å². The number of carbonyl (C=O) groups is 1. The van der Waals surface area contributed by atoms with E-state index in [1.807, 2.05) is 36.6 Å². The third-order valence-corrected chi connectivity index (χ3v) is 5.26. The third kappa shape index (κ3) is 3.41. The number of nitrogens with zero attached hydrogens (tertiary/aromatic N) is 4. The number of ether oxygens (including phenoxy) is 3. The monoisotopic (exact) mass is 424 g/mol. The minimum absolute atomic E-state index is 0.187. The molecule has 30 heavy (non-hydrogen) atoms. The van der Waals surface area contributed by atoms with E-state index in [2.05, 4.69) is 15.2 Å². The van der Waals surface area contributed by atoms with Gasteiger partial charge in [0.25, 0.3) is 0 Å². The number of aromatic nitrogens is 3. The van der Waals surface area contributed by atoms with Gasteiger partial charge in [-0.1, -0.05) is 30.0 Å². The Balaban J connectivity index is 1.95. The lowest BCUT2D eigenvalue weighted by Crippen LogP contribution is -2.36. The molecule has 154 valence electrons. The quantitative estimate of drug-likeness (QED) is 0.586. The van der Waals surface area contributed by atoms with Crippen LogP contribution in [0.2, 0.25) is 0 Å². The maximum absolute atomic E-state index is 12.8. The summed E-state index contributed by atoms with van der Waals surface area (Å²) in [5.41, 5.74) is 2.57. The summed E-state index contributed by atoms with van der Waals surface area (Å²) in [6.45, 7) is 1.50. The number of anilines is 1. The number of hydrogen-bond acceptors (Lipinski definition) is 8. The molecule has 8 nitrogen and oxygen atoms in total. The van der Waals surface area contributed by atoms with Gasteiger partial charge >= 0.3 is 0 Å². The van der Waals surface area contributed by atoms with Gasteiger partial charge in [0.2, 0.25) is 23.2 Å². The number of rotatable bonds is 4. The molecule has 1 amide bonds. The van der Waals surface area contributed by atoms with Gasteiger partial charge < -0.3 is 14.2 Å². The highest BCUT2D eigenvalue weighted by atomic mass is 32.2. The normalized spacial score (nSPS) is 14.8. The summed E-state index contributed by atoms with van der Waals surface area (Å²) in [4.78, 5) is 18.9. The standard InChI is InChI=1S/C21H20N4O4S/c1-12(26)25-15-8-6-5-7-14(15)18-19(22-21(30-4)24-23-18)29-20(25)13-9-10-16(27-2)17(11-13)28-3/h5-11,20H,1-4H3/t20-/m0/s1. The van der Waals surface area contributed by atoms with E-state index in [0.29, 0.717) is 39.5 Å². The van der Waals surface area contributed by atoms with Crippen LogP contribution in [0.4, 0.5) is 5.69 Å². The summed E-state index contributed by atoms with van der Waals surface area (Å²) in [6.07, 6.45) is 1.08. The van der Waals surface area contributed by atoms with Crippen molar-refractivity contribution in [3.05, 3.63) is 48.0 Å². The molecule has 1 atom stereocenters. The van der Waals surface area contributed by atoms with Gasteiger partial charge in [0, 0.05) is 18.1 Å². The van der Waals surface area contributed by atoms with Crippen molar-refractivity contribution in [1.82, 2.24) is 15.2 Å². The fourth-order valence-electron chi connectivity index (χ4n) is 3.36. The third-order valence-electron chi connectivity index (χ3n) is 4.73. The van der Waals surface area contributed by atoms with Crippen molar-refractivity contribution in [1.29, 1.82) is 0 Å². The van der Waals surface area contributed by atoms with E-state index in [-0.39, 0.29) is 5.91 Å². The molecule has 0 spiro atoms. The average Bonchev–Trinajstić information content (AvgIpc) is 2.92. The lowest BCUT2D eigenvalue weighted by atomic mass is 10.1. The smallest absolute Gasteiger partial charge is 0.247 e. The van der Waals surface area contributed by atoms with E-state index in [9.17, 15) is 4.79 Å². The molecule has 0 radical (unpaired) electrons. The second-order valence-corrected chi connectivity index (χ2v) is 7.22. The number of amides is 1. The predicted molar refractivity (Wildman–Crippen MR) is 113 cm³/mol. The molecule has 1 aromatic heterocycles. The zero-order valence-corrected chi connectivity index (χ0v) is 17.8. The van der Waals surface area contributed by atoms with E-state index < -0.39 is 6.23 Å². The van der Waals surface area contributed by atoms with Crippen LogP contribution in [0.25, 0.3) is 11.3 Å². The van der Waals surface area contributed by atoms with Crippen molar-refractivity contribution in [2.45, 2.75) is 18.3 Å². The highest BCUT2D eigenvalue weighted by molar-refractivity contribution is 7.98. The van der Waals surface area contributed by atoms with Crippen molar-refractivity contribution in [3.8, 4) is 28.6 Å². The van der Waals surface area contributed by atoms with Gasteiger partial charge in [0.15, 0.2) is 17.2 Å². The molecule has 1 aliphatic rings. The van der Waals surface area contributed by atoms with Crippen LogP contribution in [-0.2, 0) is 4.79 Å². The summed E-state index contributed by atoms with van der Waals surface area (Å²) >= 11 is 1.36. The Morgan fingerprint density at radius 2 is 1.87 bits per heavy atom. The first-order valence-corrected chi connectivity index (χ1v) is 10.4. The molecular formula is C21H20N4O4S. The van der Waals surface area contributed by atoms with E-state index in [4.69, 9.17) is 14.2 Å². The first kappa shape index (κ1) is 20.0. The lowest BCUT2D eigenvalue weighted by molar-refractivity contribution is -0.118. The molecular weight excluding hydrogens is 404 g/mol. The molecule has 1 aliphatic heterocycles. The SMILES string of the molecule is COc1ccc([C@@H]2Oc3nc(SC)nnc3-c3ccccc3N2C(C)=O)cc1OC. The van der Waals surface area contributed by atoms with Crippen LogP contribution in [0.5, 0.6) is 17.4 Å². The van der Waals surface area contributed by atoms with Crippen LogP contribution in [0.15, 0.2) is 47.6 Å². The summed E-state index contributed by atoms with van der Waals surface area (Å²) in [7, 11) is 3.13. The molecule has 0 aliphatic carbocycles. The molecule has 0 unspecified atom stereocenters. The zero-order valence-electron chi connectivity index (χ0n) is 16.9. The molecule has 4 rings (SSSR count). The Kier molecular flexibility index (Phi) is 5.45. The number of fused-ring (bicyclic) bond motifs is 3. The minimum Gasteiger partial charge on any atom is -0.493 e. The Hall–Kier alpha value is -3.33. The highest BCUT2D eigenvalue weighted by Crippen LogP contribution is 2.44. The second kappa shape index (κ2) is 8.19. The number of carbonyl (C=O) groups excluding carboxylic acids is 1. The van der Waals surface area contributed by atoms with Gasteiger partial charge in [0.1, 0.15) is 0 Å². The van der Waals surface area contributed by atoms with Gasteiger partial charge in [0.05, 0.1) is 19.9 Å². The molecule has 3 aromatic rings. The van der Waals surface area contributed by atoms with Crippen LogP contribution >= 0.6 is 11.8 Å². The van der Waals surface area contributed by atoms with Gasteiger partial charge in [-0.25, -0.2) is 0 Å². The van der Waals surface area contributed by atoms with Gasteiger partial charge in [-0.2, -0.15) is 4.98 Å². The number of methoxy groups -OCH3 is 2. The summed E-state index contributed by atoms with van der Waals surface area (Å²) < 4.78 is 17.1. The Morgan fingerprint density at radius 3 is 2.57 bits per heavy atom. The van der Waals surface area contributed by atoms with E-state index in [0.717, 1.165) is 5.56 Å². The molecule has 0 saturated heterocycles. The minimum atomic E-state index is -0.781. The van der Waals surface area contributed by atoms with Gasteiger partial charge in [-0.15, -0.1) is 10.2 Å². The molecule has 2 heterocycles. The number of hydrogen-bond donors (Lipinski definition) is 0. The van der Waals surface area contributed by atoms with Crippen LogP contribution in [0, 0.1) is 0 Å². The number of para-hydroxylation sites is 1. The van der Waals surface area contributed by atoms with Crippen molar-refractivity contribution in [2.75, 3.05) is 25.4 Å². The highest BCUT2D eigenvalue weighted by Gasteiger charge is 2.34. The van der Waals surface area contributed by atoms with E-state index >= 15 is 0 Å².